The Balaban J connectivity index is 0.000000207. The van der Waals surface area contributed by atoms with Crippen LogP contribution in [-0.2, 0) is 41.5 Å². The fraction of sp³-hybridized carbons (Fsp3) is 0.469. The second kappa shape index (κ2) is 11.4. The zero-order chi connectivity index (χ0) is 24.1. The molecule has 0 atom stereocenters. The first-order chi connectivity index (χ1) is 15.6. The number of rotatable bonds is 0. The summed E-state index contributed by atoms with van der Waals surface area (Å²) < 4.78 is 1.80. The van der Waals surface area contributed by atoms with E-state index < -0.39 is 0 Å². The average molecular weight is 516 g/mol. The molecule has 0 amide bonds. The molecule has 1 saturated carbocycles. The number of hydrogen-bond donors (Lipinski definition) is 0. The van der Waals surface area contributed by atoms with Crippen molar-refractivity contribution in [3.05, 3.63) is 83.0 Å². The Hall–Kier alpha value is -1.33. The molecule has 0 bridgehead atoms. The quantitative estimate of drug-likeness (QED) is 0.263. The predicted molar refractivity (Wildman–Crippen MR) is 141 cm³/mol. The van der Waals surface area contributed by atoms with Crippen LogP contribution >= 0.6 is 0 Å². The first-order valence-electron chi connectivity index (χ1n) is 12.5. The van der Waals surface area contributed by atoms with E-state index in [1.807, 2.05) is 12.2 Å². The molecule has 0 unspecified atom stereocenters. The summed E-state index contributed by atoms with van der Waals surface area (Å²) >= 11 is 1.69. The Bertz CT molecular complexity index is 942. The molecule has 0 saturated heterocycles. The van der Waals surface area contributed by atoms with Gasteiger partial charge in [-0.15, -0.1) is 17.5 Å². The molecule has 0 aliphatic heterocycles. The van der Waals surface area contributed by atoms with Gasteiger partial charge in [0.25, 0.3) is 0 Å². The molecule has 3 aliphatic carbocycles. The fourth-order valence-corrected chi connectivity index (χ4v) is 5.22. The molecular formula is C32H40Zr. The van der Waals surface area contributed by atoms with Crippen molar-refractivity contribution in [3.63, 3.8) is 0 Å². The van der Waals surface area contributed by atoms with Gasteiger partial charge in [0.1, 0.15) is 0 Å². The summed E-state index contributed by atoms with van der Waals surface area (Å²) in [6.07, 6.45) is 18.3. The van der Waals surface area contributed by atoms with E-state index in [1.165, 1.54) is 65.5 Å². The Morgan fingerprint density at radius 3 is 2.00 bits per heavy atom. The summed E-state index contributed by atoms with van der Waals surface area (Å²) in [7, 11) is 0. The topological polar surface area (TPSA) is 0 Å². The number of benzene rings is 2. The second-order valence-corrected chi connectivity index (χ2v) is 13.2. The van der Waals surface area contributed by atoms with Gasteiger partial charge < -0.3 is 0 Å². The second-order valence-electron chi connectivity index (χ2n) is 11.5. The maximum absolute atomic E-state index is 3.67. The van der Waals surface area contributed by atoms with Crippen molar-refractivity contribution in [2.45, 2.75) is 97.3 Å². The number of fused-ring (bicyclic) bond motifs is 3. The summed E-state index contributed by atoms with van der Waals surface area (Å²) in [6, 6.07) is 15.2. The Kier molecular flexibility index (Phi) is 9.08. The number of hydrogen-bond acceptors (Lipinski definition) is 0. The van der Waals surface area contributed by atoms with Crippen LogP contribution in [0.25, 0.3) is 11.1 Å². The van der Waals surface area contributed by atoms with Gasteiger partial charge in [-0.05, 0) is 28.4 Å². The minimum absolute atomic E-state index is 0.167. The van der Waals surface area contributed by atoms with Crippen LogP contribution in [0.1, 0.15) is 102 Å². The van der Waals surface area contributed by atoms with Gasteiger partial charge in [0, 0.05) is 0 Å². The third kappa shape index (κ3) is 7.58. The monoisotopic (exact) mass is 514 g/mol. The minimum atomic E-state index is 0.167. The maximum atomic E-state index is 3.67. The molecule has 0 spiro atoms. The van der Waals surface area contributed by atoms with Crippen molar-refractivity contribution in [2.75, 3.05) is 0 Å². The third-order valence-electron chi connectivity index (χ3n) is 6.51. The van der Waals surface area contributed by atoms with Gasteiger partial charge in [-0.1, -0.05) is 65.3 Å². The van der Waals surface area contributed by atoms with Gasteiger partial charge in [0.2, 0.25) is 0 Å². The van der Waals surface area contributed by atoms with Gasteiger partial charge >= 0.3 is 59.5 Å². The van der Waals surface area contributed by atoms with E-state index in [2.05, 4.69) is 90.1 Å². The van der Waals surface area contributed by atoms with Crippen LogP contribution in [-0.4, -0.2) is 3.21 Å². The fourth-order valence-electron chi connectivity index (χ4n) is 4.35. The first kappa shape index (κ1) is 26.3. The molecule has 0 N–H and O–H groups in total. The van der Waals surface area contributed by atoms with Gasteiger partial charge in [-0.3, -0.25) is 6.08 Å². The average Bonchev–Trinajstić information content (AvgIpc) is 3.44. The normalized spacial score (nSPS) is 16.4. The molecule has 172 valence electrons. The van der Waals surface area contributed by atoms with E-state index in [0.29, 0.717) is 0 Å². The molecular weight excluding hydrogens is 476 g/mol. The van der Waals surface area contributed by atoms with Crippen molar-refractivity contribution in [3.8, 4) is 11.1 Å². The van der Waals surface area contributed by atoms with E-state index in [4.69, 9.17) is 0 Å². The van der Waals surface area contributed by atoms with Crippen molar-refractivity contribution in [1.29, 1.82) is 0 Å². The predicted octanol–water partition coefficient (Wildman–Crippen LogP) is 8.63. The first-order valence-corrected chi connectivity index (χ1v) is 13.8. The van der Waals surface area contributed by atoms with Gasteiger partial charge in [-0.25, -0.2) is 12.2 Å². The summed E-state index contributed by atoms with van der Waals surface area (Å²) in [5.74, 6) is 0. The van der Waals surface area contributed by atoms with Crippen molar-refractivity contribution >= 4 is 3.21 Å². The van der Waals surface area contributed by atoms with Crippen molar-refractivity contribution in [1.82, 2.24) is 0 Å². The van der Waals surface area contributed by atoms with Gasteiger partial charge in [0.15, 0.2) is 0 Å². The van der Waals surface area contributed by atoms with Gasteiger partial charge in [-0.2, -0.15) is 29.8 Å². The van der Waals surface area contributed by atoms with Crippen LogP contribution in [0, 0.1) is 12.1 Å². The van der Waals surface area contributed by atoms with Crippen molar-refractivity contribution in [2.24, 2.45) is 0 Å². The molecule has 1 heteroatoms. The summed E-state index contributed by atoms with van der Waals surface area (Å²) in [4.78, 5) is 0. The Morgan fingerprint density at radius 1 is 0.818 bits per heavy atom. The zero-order valence-corrected chi connectivity index (χ0v) is 24.0. The van der Waals surface area contributed by atoms with Crippen LogP contribution in [0.15, 0.2) is 48.6 Å². The molecule has 0 heterocycles. The standard InChI is InChI=1S/C21H25.C6H10.C5H5.Zr/c1-20(2,3)16-7-9-18-14(12-16)11-15-13-17(21(4,5)6)8-10-19(15)18;1-2-4-6-5-3-1;1-2-4-5-3-1;/h7-10,12H,11H2,1-6H3;1-5H2;1-3H,4H2;/q-1;;-1;+2. The van der Waals surface area contributed by atoms with E-state index in [-0.39, 0.29) is 10.8 Å². The Morgan fingerprint density at radius 2 is 1.52 bits per heavy atom. The number of allylic oxidation sites excluding steroid dienone is 4. The zero-order valence-electron chi connectivity index (χ0n) is 21.6. The van der Waals surface area contributed by atoms with Crippen LogP contribution in [0.4, 0.5) is 0 Å². The molecule has 0 aromatic heterocycles. The SMILES string of the molecule is CC(C)(C)c1[c-]c2c(cc1)-c1ccc(C(C)(C)C)cc1C2.[C-]1=CC=CC1.[Zr+2]=[C]1CCCCC1. The molecule has 1 fully saturated rings. The van der Waals surface area contributed by atoms with Crippen LogP contribution in [0.5, 0.6) is 0 Å². The third-order valence-corrected chi connectivity index (χ3v) is 7.74. The van der Waals surface area contributed by atoms with E-state index >= 15 is 0 Å². The summed E-state index contributed by atoms with van der Waals surface area (Å²) in [5, 5.41) is 0. The molecule has 33 heavy (non-hydrogen) atoms. The van der Waals surface area contributed by atoms with Gasteiger partial charge in [0.05, 0.1) is 0 Å². The van der Waals surface area contributed by atoms with Crippen molar-refractivity contribution < 1.29 is 24.2 Å². The molecule has 0 nitrogen and oxygen atoms in total. The molecule has 0 radical (unpaired) electrons. The van der Waals surface area contributed by atoms with E-state index in [9.17, 15) is 0 Å². The summed E-state index contributed by atoms with van der Waals surface area (Å²) in [6.45, 7) is 13.6. The molecule has 2 aromatic carbocycles. The Labute approximate surface area is 217 Å². The van der Waals surface area contributed by atoms with E-state index in [1.54, 1.807) is 27.4 Å². The molecule has 2 aromatic rings. The van der Waals surface area contributed by atoms with E-state index in [0.717, 1.165) is 12.8 Å². The van der Waals surface area contributed by atoms with Crippen LogP contribution < -0.4 is 0 Å². The molecule has 3 aliphatic rings. The van der Waals surface area contributed by atoms with Crippen LogP contribution in [0.2, 0.25) is 0 Å². The molecule has 5 rings (SSSR count). The summed E-state index contributed by atoms with van der Waals surface area (Å²) in [5.41, 5.74) is 8.70. The van der Waals surface area contributed by atoms with Crippen LogP contribution in [0.3, 0.4) is 0 Å².